The monoisotopic (exact) mass is 735 g/mol. The summed E-state index contributed by atoms with van der Waals surface area (Å²) >= 11 is 0. The lowest BCUT2D eigenvalue weighted by molar-refractivity contribution is 0.666. The fraction of sp³-hybridized carbons (Fsp3) is 0.115. The van der Waals surface area contributed by atoms with Crippen LogP contribution >= 0.6 is 0 Å². The number of fused-ring (bicyclic) bond motifs is 7. The highest BCUT2D eigenvalue weighted by Gasteiger charge is 2.38. The first-order valence-corrected chi connectivity index (χ1v) is 19.9. The fourth-order valence-electron chi connectivity index (χ4n) is 9.49. The van der Waals surface area contributed by atoms with Gasteiger partial charge in [0.05, 0.1) is 6.04 Å². The summed E-state index contributed by atoms with van der Waals surface area (Å²) < 4.78 is 0. The van der Waals surface area contributed by atoms with E-state index in [0.717, 1.165) is 51.7 Å². The maximum Gasteiger partial charge on any atom is 0.169 e. The largest absolute Gasteiger partial charge is 0.387 e. The Morgan fingerprint density at radius 3 is 2.18 bits per heavy atom. The first kappa shape index (κ1) is 33.4. The Bertz CT molecular complexity index is 2810. The molecular formula is C52H41N5. The second-order valence-electron chi connectivity index (χ2n) is 15.9. The molecule has 5 aliphatic rings. The van der Waals surface area contributed by atoms with E-state index in [-0.39, 0.29) is 11.5 Å². The summed E-state index contributed by atoms with van der Waals surface area (Å²) in [6.07, 6.45) is 12.6. The SMILES string of the molecule is CC1(C)c2cccc(-c3cc(C4=C5CNC=CC5=C5C=CC=CC5N4)cc(C4N=C(c5ccccc5)NC(c5ccccc5)=N4)c3)c2-c2ccc3ccccc3c21. The minimum absolute atomic E-state index is 0.0739. The van der Waals surface area contributed by atoms with Gasteiger partial charge in [0.2, 0.25) is 0 Å². The molecule has 3 aliphatic heterocycles. The van der Waals surface area contributed by atoms with Crippen LogP contribution in [0, 0.1) is 0 Å². The van der Waals surface area contributed by atoms with Gasteiger partial charge in [-0.15, -0.1) is 0 Å². The number of aliphatic imine (C=N–C) groups is 2. The zero-order valence-corrected chi connectivity index (χ0v) is 31.9. The van der Waals surface area contributed by atoms with E-state index in [4.69, 9.17) is 9.98 Å². The standard InChI is InChI=1S/C52H41N5/c1-52(2)44-22-13-21-38(46(44)42-25-24-32-14-9-10-19-39(32)47(42)52)35-28-36(48-43-31-53-27-26-40(43)41-20-11-12-23-45(41)54-48)30-37(29-35)51-56-49(33-15-5-3-6-16-33)55-50(57-51)34-17-7-4-8-18-34/h3-30,45,51,53-54H,31H2,1-2H3,(H,55,56,57). The Morgan fingerprint density at radius 1 is 0.649 bits per heavy atom. The Morgan fingerprint density at radius 2 is 1.39 bits per heavy atom. The first-order chi connectivity index (χ1) is 28.0. The van der Waals surface area contributed by atoms with Crippen LogP contribution in [0.3, 0.4) is 0 Å². The predicted octanol–water partition coefficient (Wildman–Crippen LogP) is 10.5. The number of hydrogen-bond acceptors (Lipinski definition) is 5. The van der Waals surface area contributed by atoms with Gasteiger partial charge in [0, 0.05) is 34.4 Å². The number of dihydropyridines is 1. The van der Waals surface area contributed by atoms with Gasteiger partial charge in [-0.3, -0.25) is 0 Å². The molecule has 0 aromatic heterocycles. The molecule has 0 fully saturated rings. The first-order valence-electron chi connectivity index (χ1n) is 19.9. The van der Waals surface area contributed by atoms with E-state index >= 15 is 0 Å². The van der Waals surface area contributed by atoms with Crippen molar-refractivity contribution in [2.45, 2.75) is 31.5 Å². The van der Waals surface area contributed by atoms with Crippen molar-refractivity contribution in [3.63, 3.8) is 0 Å². The molecule has 11 rings (SSSR count). The van der Waals surface area contributed by atoms with Crippen molar-refractivity contribution >= 4 is 28.1 Å². The van der Waals surface area contributed by atoms with E-state index in [1.807, 2.05) is 12.1 Å². The Kier molecular flexibility index (Phi) is 7.65. The summed E-state index contributed by atoms with van der Waals surface area (Å²) in [6.45, 7) is 5.49. The molecule has 6 aromatic carbocycles. The maximum atomic E-state index is 5.36. The number of amidine groups is 2. The van der Waals surface area contributed by atoms with Gasteiger partial charge in [0.15, 0.2) is 6.17 Å². The van der Waals surface area contributed by atoms with Crippen LogP contribution in [-0.2, 0) is 5.41 Å². The molecule has 1 unspecified atom stereocenters. The van der Waals surface area contributed by atoms with Gasteiger partial charge in [0.1, 0.15) is 11.7 Å². The van der Waals surface area contributed by atoms with Crippen LogP contribution in [0.4, 0.5) is 0 Å². The molecule has 0 spiro atoms. The molecule has 3 N–H and O–H groups in total. The molecule has 1 atom stereocenters. The second kappa shape index (κ2) is 13.1. The van der Waals surface area contributed by atoms with E-state index in [1.165, 1.54) is 55.3 Å². The minimum atomic E-state index is -0.485. The average Bonchev–Trinajstić information content (AvgIpc) is 3.52. The van der Waals surface area contributed by atoms with Crippen molar-refractivity contribution in [3.8, 4) is 22.3 Å². The van der Waals surface area contributed by atoms with Gasteiger partial charge < -0.3 is 16.0 Å². The van der Waals surface area contributed by atoms with Crippen molar-refractivity contribution in [3.05, 3.63) is 220 Å². The van der Waals surface area contributed by atoms with Crippen LogP contribution in [0.2, 0.25) is 0 Å². The van der Waals surface area contributed by atoms with E-state index in [2.05, 4.69) is 188 Å². The molecule has 3 heterocycles. The van der Waals surface area contributed by atoms with Crippen molar-refractivity contribution in [2.75, 3.05) is 6.54 Å². The summed E-state index contributed by atoms with van der Waals surface area (Å²) in [5, 5.41) is 13.7. The fourth-order valence-corrected chi connectivity index (χ4v) is 9.49. The molecule has 2 aliphatic carbocycles. The van der Waals surface area contributed by atoms with Crippen LogP contribution in [-0.4, -0.2) is 24.3 Å². The number of hydrogen-bond donors (Lipinski definition) is 3. The lowest BCUT2D eigenvalue weighted by Crippen LogP contribution is -2.36. The summed E-state index contributed by atoms with van der Waals surface area (Å²) in [5.41, 5.74) is 16.7. The Hall–Kier alpha value is -6.98. The smallest absolute Gasteiger partial charge is 0.169 e. The highest BCUT2D eigenvalue weighted by Crippen LogP contribution is 2.54. The molecule has 0 radical (unpaired) electrons. The topological polar surface area (TPSA) is 60.8 Å². The van der Waals surface area contributed by atoms with Crippen molar-refractivity contribution in [2.24, 2.45) is 9.98 Å². The molecule has 0 saturated carbocycles. The van der Waals surface area contributed by atoms with E-state index in [1.54, 1.807) is 0 Å². The normalized spacial score (nSPS) is 18.8. The van der Waals surface area contributed by atoms with Crippen molar-refractivity contribution in [1.29, 1.82) is 0 Å². The van der Waals surface area contributed by atoms with Crippen LogP contribution < -0.4 is 16.0 Å². The third-order valence-electron chi connectivity index (χ3n) is 12.2. The molecule has 5 heteroatoms. The molecule has 5 nitrogen and oxygen atoms in total. The zero-order chi connectivity index (χ0) is 38.1. The van der Waals surface area contributed by atoms with Gasteiger partial charge in [-0.05, 0) is 96.9 Å². The summed E-state index contributed by atoms with van der Waals surface area (Å²) in [7, 11) is 0. The van der Waals surface area contributed by atoms with Gasteiger partial charge in [-0.1, -0.05) is 153 Å². The van der Waals surface area contributed by atoms with Crippen LogP contribution in [0.5, 0.6) is 0 Å². The van der Waals surface area contributed by atoms with Gasteiger partial charge in [-0.2, -0.15) is 0 Å². The second-order valence-corrected chi connectivity index (χ2v) is 15.9. The minimum Gasteiger partial charge on any atom is -0.387 e. The van der Waals surface area contributed by atoms with Crippen molar-refractivity contribution in [1.82, 2.24) is 16.0 Å². The number of nitrogens with one attached hydrogen (secondary N) is 3. The third-order valence-corrected chi connectivity index (χ3v) is 12.2. The molecule has 0 bridgehead atoms. The summed E-state index contributed by atoms with van der Waals surface area (Å²) in [5.74, 6) is 1.61. The number of benzene rings is 6. The molecule has 274 valence electrons. The molecular weight excluding hydrogens is 695 g/mol. The quantitative estimate of drug-likeness (QED) is 0.165. The van der Waals surface area contributed by atoms with Crippen LogP contribution in [0.1, 0.15) is 53.4 Å². The molecule has 57 heavy (non-hydrogen) atoms. The van der Waals surface area contributed by atoms with Gasteiger partial charge in [-0.25, -0.2) is 9.98 Å². The summed E-state index contributed by atoms with van der Waals surface area (Å²) in [6, 6.07) is 48.1. The third kappa shape index (κ3) is 5.45. The predicted molar refractivity (Wildman–Crippen MR) is 235 cm³/mol. The van der Waals surface area contributed by atoms with E-state index < -0.39 is 6.17 Å². The van der Waals surface area contributed by atoms with Crippen LogP contribution in [0.15, 0.2) is 197 Å². The maximum absolute atomic E-state index is 5.36. The van der Waals surface area contributed by atoms with Crippen molar-refractivity contribution < 1.29 is 0 Å². The molecule has 0 saturated heterocycles. The zero-order valence-electron chi connectivity index (χ0n) is 31.9. The molecule has 6 aromatic rings. The average molecular weight is 736 g/mol. The van der Waals surface area contributed by atoms with E-state index in [0.29, 0.717) is 0 Å². The van der Waals surface area contributed by atoms with Crippen LogP contribution in [0.25, 0.3) is 38.7 Å². The highest BCUT2D eigenvalue weighted by molar-refractivity contribution is 6.16. The van der Waals surface area contributed by atoms with Gasteiger partial charge in [0.25, 0.3) is 0 Å². The summed E-state index contributed by atoms with van der Waals surface area (Å²) in [4.78, 5) is 10.7. The lowest BCUT2D eigenvalue weighted by Gasteiger charge is -2.34. The molecule has 0 amide bonds. The number of rotatable bonds is 5. The lowest BCUT2D eigenvalue weighted by atomic mass is 9.80. The number of allylic oxidation sites excluding steroid dienone is 3. The number of nitrogens with zero attached hydrogens (tertiary/aromatic N) is 2. The van der Waals surface area contributed by atoms with Gasteiger partial charge >= 0.3 is 0 Å². The Labute approximate surface area is 333 Å². The Balaban J connectivity index is 1.16. The highest BCUT2D eigenvalue weighted by atomic mass is 15.2. The van der Waals surface area contributed by atoms with E-state index in [9.17, 15) is 0 Å².